The Hall–Kier alpha value is -3.57. The number of anilines is 1. The first kappa shape index (κ1) is 16.9. The number of para-hydroxylation sites is 1. The minimum absolute atomic E-state index is 0.0646. The van der Waals surface area contributed by atoms with Gasteiger partial charge in [0.15, 0.2) is 0 Å². The van der Waals surface area contributed by atoms with Gasteiger partial charge in [-0.05, 0) is 29.3 Å². The lowest BCUT2D eigenvalue weighted by Gasteiger charge is -2.26. The quantitative estimate of drug-likeness (QED) is 0.704. The molecule has 0 radical (unpaired) electrons. The van der Waals surface area contributed by atoms with E-state index in [1.807, 2.05) is 96.0 Å². The molecule has 27 heavy (non-hydrogen) atoms. The summed E-state index contributed by atoms with van der Waals surface area (Å²) in [7, 11) is 0. The molecule has 1 heterocycles. The van der Waals surface area contributed by atoms with Gasteiger partial charge >= 0.3 is 0 Å². The monoisotopic (exact) mass is 349 g/mol. The molecule has 2 aromatic carbocycles. The lowest BCUT2D eigenvalue weighted by molar-refractivity contribution is -0.118. The van der Waals surface area contributed by atoms with Crippen LogP contribution < -0.4 is 4.90 Å². The van der Waals surface area contributed by atoms with Gasteiger partial charge in [-0.25, -0.2) is 0 Å². The van der Waals surface area contributed by atoms with Gasteiger partial charge in [0.25, 0.3) is 0 Å². The van der Waals surface area contributed by atoms with Crippen LogP contribution in [0.1, 0.15) is 23.1 Å². The van der Waals surface area contributed by atoms with Crippen LogP contribution in [0.15, 0.2) is 96.6 Å². The fraction of sp³-hybridized carbons (Fsp3) is 0.0800. The second-order valence-corrected chi connectivity index (χ2v) is 6.45. The van der Waals surface area contributed by atoms with Gasteiger partial charge in [-0.3, -0.25) is 4.79 Å². The Bertz CT molecular complexity index is 1060. The summed E-state index contributed by atoms with van der Waals surface area (Å²) in [5, 5.41) is 0. The number of hydrogen-bond acceptors (Lipinski definition) is 1. The topological polar surface area (TPSA) is 20.3 Å². The number of hydrogen-bond donors (Lipinski definition) is 0. The van der Waals surface area contributed by atoms with Crippen LogP contribution >= 0.6 is 0 Å². The Morgan fingerprint density at radius 1 is 0.852 bits per heavy atom. The van der Waals surface area contributed by atoms with Crippen LogP contribution in [0, 0.1) is 11.8 Å². The number of carbonyl (C=O) groups excluding carboxylic acids is 1. The predicted octanol–water partition coefficient (Wildman–Crippen LogP) is 4.93. The van der Waals surface area contributed by atoms with Crippen molar-refractivity contribution in [3.05, 3.63) is 113 Å². The van der Waals surface area contributed by atoms with Gasteiger partial charge in [0.1, 0.15) is 0 Å². The molecule has 0 unspecified atom stereocenters. The first-order valence-electron chi connectivity index (χ1n) is 9.01. The lowest BCUT2D eigenvalue weighted by Crippen LogP contribution is -2.31. The predicted molar refractivity (Wildman–Crippen MR) is 110 cm³/mol. The molecule has 0 fully saturated rings. The maximum Gasteiger partial charge on any atom is 0.231 e. The number of nitrogens with zero attached hydrogens (tertiary/aromatic N) is 1. The Kier molecular flexibility index (Phi) is 4.85. The van der Waals surface area contributed by atoms with Crippen molar-refractivity contribution in [2.24, 2.45) is 0 Å². The summed E-state index contributed by atoms with van der Waals surface area (Å²) < 4.78 is 0. The van der Waals surface area contributed by atoms with E-state index >= 15 is 0 Å². The number of rotatable bonds is 2. The molecule has 2 nitrogen and oxygen atoms in total. The summed E-state index contributed by atoms with van der Waals surface area (Å²) in [4.78, 5) is 15.1. The summed E-state index contributed by atoms with van der Waals surface area (Å²) >= 11 is 0. The number of allylic oxidation sites excluding steroid dienone is 7. The van der Waals surface area contributed by atoms with E-state index in [0.717, 1.165) is 28.0 Å². The van der Waals surface area contributed by atoms with Gasteiger partial charge in [-0.15, -0.1) is 0 Å². The number of benzene rings is 2. The van der Waals surface area contributed by atoms with E-state index in [1.165, 1.54) is 0 Å². The summed E-state index contributed by atoms with van der Waals surface area (Å²) in [5.41, 5.74) is 4.78. The lowest BCUT2D eigenvalue weighted by atomic mass is 10.0. The highest BCUT2D eigenvalue weighted by atomic mass is 16.2. The summed E-state index contributed by atoms with van der Waals surface area (Å²) in [5.74, 6) is 6.55. The maximum absolute atomic E-state index is 13.3. The third kappa shape index (κ3) is 3.83. The minimum Gasteiger partial charge on any atom is -0.306 e. The smallest absolute Gasteiger partial charge is 0.231 e. The third-order valence-electron chi connectivity index (χ3n) is 4.59. The highest BCUT2D eigenvalue weighted by Crippen LogP contribution is 2.26. The highest BCUT2D eigenvalue weighted by molar-refractivity contribution is 5.96. The molecule has 0 spiro atoms. The SMILES string of the molecule is O=C(CC1=C/C=C\C=C/C=C\1)N1Cc2ccccc2C#Cc2ccccc21. The van der Waals surface area contributed by atoms with Crippen LogP contribution in [-0.4, -0.2) is 5.91 Å². The summed E-state index contributed by atoms with van der Waals surface area (Å²) in [6, 6.07) is 15.9. The standard InChI is InChI=1S/C25H19NO/c27-25(18-20-10-4-2-1-3-5-11-20)26-19-23-14-7-6-12-21(23)16-17-22-13-8-9-15-24(22)26/h1-15H,18-19H2/b2-1-,3-1?,4-2?,5-3-,10-4-,11-5?,20-10?,20-11+. The zero-order valence-corrected chi connectivity index (χ0v) is 14.9. The van der Waals surface area contributed by atoms with E-state index in [2.05, 4.69) is 11.8 Å². The zero-order valence-electron chi connectivity index (χ0n) is 14.9. The summed E-state index contributed by atoms with van der Waals surface area (Å²) in [6.45, 7) is 0.521. The zero-order chi connectivity index (χ0) is 18.5. The Balaban J connectivity index is 1.71. The second kappa shape index (κ2) is 7.76. The van der Waals surface area contributed by atoms with Crippen molar-refractivity contribution in [1.29, 1.82) is 0 Å². The van der Waals surface area contributed by atoms with E-state index in [-0.39, 0.29) is 5.91 Å². The van der Waals surface area contributed by atoms with Gasteiger partial charge in [0.05, 0.1) is 18.7 Å². The molecule has 0 saturated heterocycles. The van der Waals surface area contributed by atoms with Gasteiger partial charge in [-0.1, -0.05) is 84.7 Å². The molecule has 0 N–H and O–H groups in total. The van der Waals surface area contributed by atoms with E-state index in [4.69, 9.17) is 0 Å². The van der Waals surface area contributed by atoms with Crippen LogP contribution in [0.3, 0.4) is 0 Å². The molecule has 1 aliphatic heterocycles. The number of amides is 1. The largest absolute Gasteiger partial charge is 0.306 e. The fourth-order valence-corrected chi connectivity index (χ4v) is 3.20. The molecule has 4 rings (SSSR count). The second-order valence-electron chi connectivity index (χ2n) is 6.45. The molecule has 0 saturated carbocycles. The van der Waals surface area contributed by atoms with Crippen LogP contribution in [0.25, 0.3) is 0 Å². The molecule has 0 atom stereocenters. The van der Waals surface area contributed by atoms with E-state index in [0.29, 0.717) is 13.0 Å². The number of carbonyl (C=O) groups is 1. The van der Waals surface area contributed by atoms with Crippen LogP contribution in [0.5, 0.6) is 0 Å². The maximum atomic E-state index is 13.3. The molecule has 2 aliphatic rings. The summed E-state index contributed by atoms with van der Waals surface area (Å²) in [6.07, 6.45) is 14.1. The molecular weight excluding hydrogens is 330 g/mol. The molecular formula is C25H19NO. The minimum atomic E-state index is 0.0646. The molecule has 2 aromatic rings. The van der Waals surface area contributed by atoms with Gasteiger partial charge in [0, 0.05) is 11.1 Å². The molecule has 1 aliphatic carbocycles. The van der Waals surface area contributed by atoms with E-state index < -0.39 is 0 Å². The van der Waals surface area contributed by atoms with Gasteiger partial charge < -0.3 is 4.90 Å². The van der Waals surface area contributed by atoms with Crippen molar-refractivity contribution in [2.75, 3.05) is 4.90 Å². The Morgan fingerprint density at radius 3 is 2.48 bits per heavy atom. The van der Waals surface area contributed by atoms with Gasteiger partial charge in [-0.2, -0.15) is 0 Å². The molecule has 1 amide bonds. The molecule has 2 heteroatoms. The normalized spacial score (nSPS) is 20.0. The molecule has 0 bridgehead atoms. The van der Waals surface area contributed by atoms with Crippen molar-refractivity contribution in [1.82, 2.24) is 0 Å². The molecule has 0 aromatic heterocycles. The molecule has 130 valence electrons. The Labute approximate surface area is 159 Å². The van der Waals surface area contributed by atoms with Crippen LogP contribution in [-0.2, 0) is 11.3 Å². The Morgan fingerprint density at radius 2 is 1.56 bits per heavy atom. The van der Waals surface area contributed by atoms with Crippen molar-refractivity contribution in [2.45, 2.75) is 13.0 Å². The van der Waals surface area contributed by atoms with Crippen molar-refractivity contribution >= 4 is 11.6 Å². The average molecular weight is 349 g/mol. The fourth-order valence-electron chi connectivity index (χ4n) is 3.20. The first-order chi connectivity index (χ1) is 13.3. The van der Waals surface area contributed by atoms with Crippen LogP contribution in [0.2, 0.25) is 0 Å². The van der Waals surface area contributed by atoms with Crippen molar-refractivity contribution in [3.8, 4) is 11.8 Å². The highest BCUT2D eigenvalue weighted by Gasteiger charge is 2.21. The third-order valence-corrected chi connectivity index (χ3v) is 4.59. The number of fused-ring (bicyclic) bond motifs is 2. The van der Waals surface area contributed by atoms with E-state index in [9.17, 15) is 4.79 Å². The van der Waals surface area contributed by atoms with Crippen LogP contribution in [0.4, 0.5) is 5.69 Å². The van der Waals surface area contributed by atoms with E-state index in [1.54, 1.807) is 0 Å². The first-order valence-corrected chi connectivity index (χ1v) is 9.01. The van der Waals surface area contributed by atoms with Crippen molar-refractivity contribution < 1.29 is 4.79 Å². The van der Waals surface area contributed by atoms with Crippen molar-refractivity contribution in [3.63, 3.8) is 0 Å². The average Bonchev–Trinajstić information content (AvgIpc) is 2.65. The van der Waals surface area contributed by atoms with Gasteiger partial charge in [0.2, 0.25) is 5.91 Å².